The first-order valence-corrected chi connectivity index (χ1v) is 8.12. The first-order chi connectivity index (χ1) is 11.1. The van der Waals surface area contributed by atoms with Gasteiger partial charge < -0.3 is 15.0 Å². The van der Waals surface area contributed by atoms with Crippen molar-refractivity contribution < 1.29 is 13.9 Å². The van der Waals surface area contributed by atoms with Gasteiger partial charge in [-0.1, -0.05) is 22.0 Å². The third-order valence-corrected chi connectivity index (χ3v) is 4.14. The highest BCUT2D eigenvalue weighted by atomic mass is 79.9. The normalized spacial score (nSPS) is 14.6. The summed E-state index contributed by atoms with van der Waals surface area (Å²) in [5, 5.41) is 2.87. The molecule has 2 aromatic carbocycles. The van der Waals surface area contributed by atoms with Crippen LogP contribution in [0.25, 0.3) is 0 Å². The Morgan fingerprint density at radius 2 is 1.96 bits per heavy atom. The van der Waals surface area contributed by atoms with Gasteiger partial charge in [0.05, 0.1) is 24.6 Å². The summed E-state index contributed by atoms with van der Waals surface area (Å²) < 4.78 is 19.5. The van der Waals surface area contributed by atoms with Gasteiger partial charge in [-0.25, -0.2) is 4.39 Å². The summed E-state index contributed by atoms with van der Waals surface area (Å²) in [5.41, 5.74) is 1.91. The zero-order valence-corrected chi connectivity index (χ0v) is 14.0. The Labute approximate surface area is 142 Å². The van der Waals surface area contributed by atoms with Crippen molar-refractivity contribution in [3.8, 4) is 0 Å². The summed E-state index contributed by atoms with van der Waals surface area (Å²) >= 11 is 3.42. The van der Waals surface area contributed by atoms with Crippen molar-refractivity contribution in [2.75, 3.05) is 36.5 Å². The number of halogens is 2. The molecule has 1 aliphatic rings. The van der Waals surface area contributed by atoms with Crippen LogP contribution in [0.3, 0.4) is 0 Å². The van der Waals surface area contributed by atoms with E-state index in [0.717, 1.165) is 23.2 Å². The Morgan fingerprint density at radius 1 is 1.17 bits per heavy atom. The fraction of sp³-hybridized carbons (Fsp3) is 0.235. The predicted octanol–water partition coefficient (Wildman–Crippen LogP) is 3.68. The highest BCUT2D eigenvalue weighted by Crippen LogP contribution is 2.30. The van der Waals surface area contributed by atoms with Crippen LogP contribution < -0.4 is 10.2 Å². The highest BCUT2D eigenvalue weighted by Gasteiger charge is 2.17. The first kappa shape index (κ1) is 16.0. The molecular weight excluding hydrogens is 363 g/mol. The molecule has 0 saturated carbocycles. The minimum absolute atomic E-state index is 0.290. The van der Waals surface area contributed by atoms with Crippen LogP contribution in [0.1, 0.15) is 10.4 Å². The molecule has 0 aliphatic carbocycles. The van der Waals surface area contributed by atoms with E-state index < -0.39 is 5.82 Å². The van der Waals surface area contributed by atoms with Crippen molar-refractivity contribution in [1.82, 2.24) is 0 Å². The Balaban J connectivity index is 1.86. The van der Waals surface area contributed by atoms with Gasteiger partial charge in [0.15, 0.2) is 0 Å². The van der Waals surface area contributed by atoms with E-state index >= 15 is 0 Å². The number of anilines is 2. The number of morpholine rings is 1. The molecule has 3 rings (SSSR count). The Bertz CT molecular complexity index is 717. The van der Waals surface area contributed by atoms with Crippen molar-refractivity contribution in [3.05, 3.63) is 58.3 Å². The smallest absolute Gasteiger partial charge is 0.255 e. The maximum absolute atomic E-state index is 13.3. The number of hydrogen-bond donors (Lipinski definition) is 1. The maximum atomic E-state index is 13.3. The Kier molecular flexibility index (Phi) is 4.93. The molecule has 0 unspecified atom stereocenters. The van der Waals surface area contributed by atoms with Crippen molar-refractivity contribution in [2.45, 2.75) is 0 Å². The van der Waals surface area contributed by atoms with E-state index in [4.69, 9.17) is 4.74 Å². The topological polar surface area (TPSA) is 41.6 Å². The number of rotatable bonds is 3. The lowest BCUT2D eigenvalue weighted by atomic mass is 10.2. The number of amides is 1. The van der Waals surface area contributed by atoms with Crippen molar-refractivity contribution >= 4 is 33.2 Å². The van der Waals surface area contributed by atoms with Gasteiger partial charge in [-0.3, -0.25) is 4.79 Å². The summed E-state index contributed by atoms with van der Waals surface area (Å²) in [6, 6.07) is 11.4. The molecular formula is C17H16BrFN2O2. The Morgan fingerprint density at radius 3 is 2.70 bits per heavy atom. The van der Waals surface area contributed by atoms with E-state index in [1.165, 1.54) is 18.2 Å². The number of nitrogens with one attached hydrogen (secondary N) is 1. The molecule has 4 nitrogen and oxygen atoms in total. The van der Waals surface area contributed by atoms with Crippen molar-refractivity contribution in [1.29, 1.82) is 0 Å². The lowest BCUT2D eigenvalue weighted by molar-refractivity contribution is 0.102. The SMILES string of the molecule is O=C(Nc1cc(Br)ccc1N1CCOCC1)c1cccc(F)c1. The molecule has 1 heterocycles. The second-order valence-corrected chi connectivity index (χ2v) is 6.14. The molecule has 0 atom stereocenters. The average Bonchev–Trinajstić information content (AvgIpc) is 2.56. The van der Waals surface area contributed by atoms with E-state index in [9.17, 15) is 9.18 Å². The monoisotopic (exact) mass is 378 g/mol. The summed E-state index contributed by atoms with van der Waals surface area (Å²) in [7, 11) is 0. The van der Waals surface area contributed by atoms with Gasteiger partial charge in [-0.2, -0.15) is 0 Å². The molecule has 2 aromatic rings. The molecule has 0 aromatic heterocycles. The number of benzene rings is 2. The third kappa shape index (κ3) is 3.89. The largest absolute Gasteiger partial charge is 0.378 e. The minimum Gasteiger partial charge on any atom is -0.378 e. The molecule has 0 radical (unpaired) electrons. The molecule has 6 heteroatoms. The fourth-order valence-corrected chi connectivity index (χ4v) is 2.87. The summed E-state index contributed by atoms with van der Waals surface area (Å²) in [6.07, 6.45) is 0. The molecule has 23 heavy (non-hydrogen) atoms. The number of nitrogens with zero attached hydrogens (tertiary/aromatic N) is 1. The summed E-state index contributed by atoms with van der Waals surface area (Å²) in [5.74, 6) is -0.766. The summed E-state index contributed by atoms with van der Waals surface area (Å²) in [4.78, 5) is 14.5. The zero-order valence-electron chi connectivity index (χ0n) is 12.4. The highest BCUT2D eigenvalue weighted by molar-refractivity contribution is 9.10. The quantitative estimate of drug-likeness (QED) is 0.885. The summed E-state index contributed by atoms with van der Waals surface area (Å²) in [6.45, 7) is 2.86. The van der Waals surface area contributed by atoms with Crippen LogP contribution in [-0.2, 0) is 4.74 Å². The maximum Gasteiger partial charge on any atom is 0.255 e. The van der Waals surface area contributed by atoms with Crippen LogP contribution >= 0.6 is 15.9 Å². The van der Waals surface area contributed by atoms with Gasteiger partial charge in [0.1, 0.15) is 5.82 Å². The molecule has 0 spiro atoms. The molecule has 1 fully saturated rings. The molecule has 1 aliphatic heterocycles. The van der Waals surface area contributed by atoms with E-state index in [-0.39, 0.29) is 11.5 Å². The van der Waals surface area contributed by atoms with Crippen LogP contribution in [0.15, 0.2) is 46.9 Å². The molecule has 0 bridgehead atoms. The molecule has 1 amide bonds. The van der Waals surface area contributed by atoms with Gasteiger partial charge >= 0.3 is 0 Å². The average molecular weight is 379 g/mol. The number of hydrogen-bond acceptors (Lipinski definition) is 3. The van der Waals surface area contributed by atoms with Crippen molar-refractivity contribution in [3.63, 3.8) is 0 Å². The molecule has 1 N–H and O–H groups in total. The second-order valence-electron chi connectivity index (χ2n) is 5.23. The van der Waals surface area contributed by atoms with E-state index in [1.807, 2.05) is 18.2 Å². The zero-order chi connectivity index (χ0) is 16.2. The molecule has 120 valence electrons. The van der Waals surface area contributed by atoms with Crippen LogP contribution in [0.4, 0.5) is 15.8 Å². The fourth-order valence-electron chi connectivity index (χ4n) is 2.51. The van der Waals surface area contributed by atoms with Crippen molar-refractivity contribution in [2.24, 2.45) is 0 Å². The van der Waals surface area contributed by atoms with E-state index in [0.29, 0.717) is 18.9 Å². The van der Waals surface area contributed by atoms with Crippen LogP contribution in [-0.4, -0.2) is 32.2 Å². The second kappa shape index (κ2) is 7.10. The van der Waals surface area contributed by atoms with Crippen LogP contribution in [0.2, 0.25) is 0 Å². The number of carbonyl (C=O) groups excluding carboxylic acids is 1. The van der Waals surface area contributed by atoms with Crippen LogP contribution in [0.5, 0.6) is 0 Å². The predicted molar refractivity (Wildman–Crippen MR) is 91.5 cm³/mol. The minimum atomic E-state index is -0.430. The lowest BCUT2D eigenvalue weighted by Gasteiger charge is -2.30. The van der Waals surface area contributed by atoms with E-state index in [1.54, 1.807) is 6.07 Å². The third-order valence-electron chi connectivity index (χ3n) is 3.65. The number of carbonyl (C=O) groups is 1. The van der Waals surface area contributed by atoms with Gasteiger partial charge in [-0.15, -0.1) is 0 Å². The standard InChI is InChI=1S/C17H16BrFN2O2/c18-13-4-5-16(21-6-8-23-9-7-21)15(11-13)20-17(22)12-2-1-3-14(19)10-12/h1-5,10-11H,6-9H2,(H,20,22). The Hall–Kier alpha value is -1.92. The van der Waals surface area contributed by atoms with Gasteiger partial charge in [0.25, 0.3) is 5.91 Å². The lowest BCUT2D eigenvalue weighted by Crippen LogP contribution is -2.36. The molecule has 1 saturated heterocycles. The van der Waals surface area contributed by atoms with E-state index in [2.05, 4.69) is 26.1 Å². The van der Waals surface area contributed by atoms with Gasteiger partial charge in [0.2, 0.25) is 0 Å². The van der Waals surface area contributed by atoms with Crippen LogP contribution in [0, 0.1) is 5.82 Å². The van der Waals surface area contributed by atoms with Gasteiger partial charge in [0, 0.05) is 23.1 Å². The van der Waals surface area contributed by atoms with Gasteiger partial charge in [-0.05, 0) is 36.4 Å². The first-order valence-electron chi connectivity index (χ1n) is 7.32. The number of ether oxygens (including phenoxy) is 1.